The van der Waals surface area contributed by atoms with E-state index >= 15 is 0 Å². The zero-order valence-corrected chi connectivity index (χ0v) is 19.6. The summed E-state index contributed by atoms with van der Waals surface area (Å²) in [5, 5.41) is 13.0. The molecule has 0 aliphatic carbocycles. The van der Waals surface area contributed by atoms with Crippen LogP contribution < -0.4 is 14.8 Å². The van der Waals surface area contributed by atoms with E-state index in [1.165, 1.54) is 0 Å². The predicted octanol–water partition coefficient (Wildman–Crippen LogP) is 5.53. The van der Waals surface area contributed by atoms with Crippen molar-refractivity contribution in [1.29, 1.82) is 0 Å². The number of nitrogens with one attached hydrogen (secondary N) is 1. The van der Waals surface area contributed by atoms with Gasteiger partial charge in [-0.1, -0.05) is 42.3 Å². The van der Waals surface area contributed by atoms with Gasteiger partial charge in [0.15, 0.2) is 22.8 Å². The molecule has 2 aromatic carbocycles. The van der Waals surface area contributed by atoms with Crippen LogP contribution in [-0.4, -0.2) is 34.9 Å². The van der Waals surface area contributed by atoms with Gasteiger partial charge in [-0.25, -0.2) is 9.79 Å². The Morgan fingerprint density at radius 1 is 1.25 bits per heavy atom. The van der Waals surface area contributed by atoms with Gasteiger partial charge in [0.05, 0.1) is 27.2 Å². The molecule has 168 valence electrons. The molecular formula is C22H20Cl2N2O5S. The number of nitrogens with zero attached hydrogens (tertiary/aromatic N) is 1. The third kappa shape index (κ3) is 5.76. The lowest BCUT2D eigenvalue weighted by atomic mass is 10.1. The molecule has 1 aliphatic rings. The topological polar surface area (TPSA) is 97.2 Å². The summed E-state index contributed by atoms with van der Waals surface area (Å²) < 4.78 is 11.2. The van der Waals surface area contributed by atoms with E-state index in [0.717, 1.165) is 11.8 Å². The molecule has 1 heterocycles. The average molecular weight is 495 g/mol. The van der Waals surface area contributed by atoms with E-state index < -0.39 is 12.1 Å². The van der Waals surface area contributed by atoms with Crippen molar-refractivity contribution in [2.45, 2.75) is 26.4 Å². The van der Waals surface area contributed by atoms with Crippen molar-refractivity contribution in [3.05, 3.63) is 56.9 Å². The van der Waals surface area contributed by atoms with Gasteiger partial charge in [0.25, 0.3) is 5.91 Å². The highest BCUT2D eigenvalue weighted by molar-refractivity contribution is 8.18. The number of carbonyl (C=O) groups is 2. The first kappa shape index (κ1) is 24.0. The van der Waals surface area contributed by atoms with Crippen molar-refractivity contribution < 1.29 is 24.2 Å². The number of aliphatic carboxylic acids is 1. The van der Waals surface area contributed by atoms with E-state index in [1.807, 2.05) is 6.92 Å². The second-order valence-electron chi connectivity index (χ2n) is 6.55. The fourth-order valence-electron chi connectivity index (χ4n) is 2.76. The molecule has 1 atom stereocenters. The number of carboxylic acid groups (broad SMARTS) is 1. The minimum Gasteiger partial charge on any atom is -0.490 e. The van der Waals surface area contributed by atoms with E-state index in [1.54, 1.807) is 49.4 Å². The normalized spacial score (nSPS) is 16.8. The molecule has 1 unspecified atom stereocenters. The first-order valence-corrected chi connectivity index (χ1v) is 11.3. The Hall–Kier alpha value is -2.68. The number of carbonyl (C=O) groups excluding carboxylic acids is 1. The average Bonchev–Trinajstić information content (AvgIpc) is 3.09. The van der Waals surface area contributed by atoms with Crippen molar-refractivity contribution in [1.82, 2.24) is 5.32 Å². The minimum absolute atomic E-state index is 0.303. The van der Waals surface area contributed by atoms with Gasteiger partial charge >= 0.3 is 5.97 Å². The minimum atomic E-state index is -1.05. The second-order valence-corrected chi connectivity index (χ2v) is 8.36. The van der Waals surface area contributed by atoms with Crippen molar-refractivity contribution in [3.63, 3.8) is 0 Å². The third-order valence-corrected chi connectivity index (χ3v) is 6.00. The molecular weight excluding hydrogens is 475 g/mol. The molecule has 0 aromatic heterocycles. The molecule has 0 bridgehead atoms. The SMILES string of the molecule is CCOc1cc(/C=C2/SC(=Nc3cccc(Cl)c3Cl)NC2=O)ccc1OC(CC)C(=O)O. The van der Waals surface area contributed by atoms with Gasteiger partial charge in [-0.2, -0.15) is 0 Å². The summed E-state index contributed by atoms with van der Waals surface area (Å²) in [6, 6.07) is 10.1. The Balaban J connectivity index is 1.85. The lowest BCUT2D eigenvalue weighted by molar-refractivity contribution is -0.145. The van der Waals surface area contributed by atoms with Gasteiger partial charge in [-0.3, -0.25) is 4.79 Å². The van der Waals surface area contributed by atoms with Crippen LogP contribution >= 0.6 is 35.0 Å². The van der Waals surface area contributed by atoms with Gasteiger partial charge in [-0.15, -0.1) is 0 Å². The van der Waals surface area contributed by atoms with E-state index in [9.17, 15) is 14.7 Å². The lowest BCUT2D eigenvalue weighted by Gasteiger charge is -2.16. The number of rotatable bonds is 8. The lowest BCUT2D eigenvalue weighted by Crippen LogP contribution is -2.26. The van der Waals surface area contributed by atoms with E-state index in [-0.39, 0.29) is 5.91 Å². The largest absolute Gasteiger partial charge is 0.490 e. The quantitative estimate of drug-likeness (QED) is 0.468. The highest BCUT2D eigenvalue weighted by Crippen LogP contribution is 2.36. The molecule has 0 saturated carbocycles. The van der Waals surface area contributed by atoms with Crippen molar-refractivity contribution in [2.75, 3.05) is 6.61 Å². The Morgan fingerprint density at radius 2 is 2.03 bits per heavy atom. The van der Waals surface area contributed by atoms with Crippen LogP contribution in [0.5, 0.6) is 11.5 Å². The van der Waals surface area contributed by atoms with E-state index in [0.29, 0.717) is 55.9 Å². The first-order chi connectivity index (χ1) is 15.3. The molecule has 1 saturated heterocycles. The Morgan fingerprint density at radius 3 is 2.72 bits per heavy atom. The molecule has 32 heavy (non-hydrogen) atoms. The van der Waals surface area contributed by atoms with Gasteiger partial charge in [0, 0.05) is 0 Å². The van der Waals surface area contributed by atoms with Crippen molar-refractivity contribution in [2.24, 2.45) is 4.99 Å². The molecule has 2 N–H and O–H groups in total. The fraction of sp³-hybridized carbons (Fsp3) is 0.227. The molecule has 1 aliphatic heterocycles. The van der Waals surface area contributed by atoms with Crippen LogP contribution in [0, 0.1) is 0 Å². The number of hydrogen-bond acceptors (Lipinski definition) is 6. The summed E-state index contributed by atoms with van der Waals surface area (Å²) in [6.07, 6.45) is 1.01. The highest BCUT2D eigenvalue weighted by atomic mass is 35.5. The summed E-state index contributed by atoms with van der Waals surface area (Å²) >= 11 is 13.3. The molecule has 10 heteroatoms. The number of ether oxygens (including phenoxy) is 2. The predicted molar refractivity (Wildman–Crippen MR) is 127 cm³/mol. The first-order valence-electron chi connectivity index (χ1n) is 9.72. The zero-order valence-electron chi connectivity index (χ0n) is 17.2. The second kappa shape index (κ2) is 10.8. The van der Waals surface area contributed by atoms with Gasteiger partial charge in [0.1, 0.15) is 0 Å². The summed E-state index contributed by atoms with van der Waals surface area (Å²) in [6.45, 7) is 3.91. The van der Waals surface area contributed by atoms with Crippen LogP contribution in [0.25, 0.3) is 6.08 Å². The van der Waals surface area contributed by atoms with Crippen LogP contribution in [-0.2, 0) is 9.59 Å². The van der Waals surface area contributed by atoms with Crippen LogP contribution in [0.4, 0.5) is 5.69 Å². The number of hydrogen-bond donors (Lipinski definition) is 2. The summed E-state index contributed by atoms with van der Waals surface area (Å²) in [5.74, 6) is -0.636. The highest BCUT2D eigenvalue weighted by Gasteiger charge is 2.25. The zero-order chi connectivity index (χ0) is 23.3. The number of halogens is 2. The molecule has 0 spiro atoms. The fourth-order valence-corrected chi connectivity index (χ4v) is 3.93. The third-order valence-electron chi connectivity index (χ3n) is 4.28. The summed E-state index contributed by atoms with van der Waals surface area (Å²) in [5.41, 5.74) is 1.14. The maximum atomic E-state index is 12.4. The van der Waals surface area contributed by atoms with Crippen molar-refractivity contribution >= 4 is 63.8 Å². The Bertz CT molecular complexity index is 1100. The van der Waals surface area contributed by atoms with Crippen LogP contribution in [0.1, 0.15) is 25.8 Å². The monoisotopic (exact) mass is 494 g/mol. The smallest absolute Gasteiger partial charge is 0.344 e. The van der Waals surface area contributed by atoms with Gasteiger partial charge in [-0.05, 0) is 61.0 Å². The molecule has 3 rings (SSSR count). The number of amides is 1. The summed E-state index contributed by atoms with van der Waals surface area (Å²) in [4.78, 5) is 28.5. The Labute approximate surface area is 199 Å². The number of carboxylic acids is 1. The Kier molecular flexibility index (Phi) is 8.06. The van der Waals surface area contributed by atoms with Crippen LogP contribution in [0.3, 0.4) is 0 Å². The standard InChI is InChI=1S/C22H20Cl2N2O5S/c1-3-15(21(28)29)31-16-9-8-12(10-17(16)30-4-2)11-18-20(27)26-22(32-18)25-14-7-5-6-13(23)19(14)24/h5-11,15H,3-4H2,1-2H3,(H,28,29)(H,25,26,27)/b18-11+. The molecule has 0 radical (unpaired) electrons. The molecule has 2 aromatic rings. The van der Waals surface area contributed by atoms with E-state index in [4.69, 9.17) is 32.7 Å². The maximum Gasteiger partial charge on any atom is 0.344 e. The summed E-state index contributed by atoms with van der Waals surface area (Å²) in [7, 11) is 0. The maximum absolute atomic E-state index is 12.4. The molecule has 1 fully saturated rings. The van der Waals surface area contributed by atoms with Crippen molar-refractivity contribution in [3.8, 4) is 11.5 Å². The molecule has 7 nitrogen and oxygen atoms in total. The number of benzene rings is 2. The number of aliphatic imine (C=N–C) groups is 1. The van der Waals surface area contributed by atoms with Crippen LogP contribution in [0.2, 0.25) is 10.0 Å². The van der Waals surface area contributed by atoms with Gasteiger partial charge in [0.2, 0.25) is 0 Å². The van der Waals surface area contributed by atoms with Gasteiger partial charge < -0.3 is 19.9 Å². The number of thioether (sulfide) groups is 1. The number of amidine groups is 1. The van der Waals surface area contributed by atoms with Crippen LogP contribution in [0.15, 0.2) is 46.3 Å². The van der Waals surface area contributed by atoms with E-state index in [2.05, 4.69) is 10.3 Å². The molecule has 1 amide bonds.